The minimum Gasteiger partial charge on any atom is -0.480 e. The van der Waals surface area contributed by atoms with E-state index in [1.54, 1.807) is 17.0 Å². The van der Waals surface area contributed by atoms with Crippen LogP contribution in [-0.4, -0.2) is 41.3 Å². The van der Waals surface area contributed by atoms with E-state index in [-0.39, 0.29) is 31.1 Å². The highest BCUT2D eigenvalue weighted by Gasteiger charge is 2.35. The minimum atomic E-state index is -2.61. The van der Waals surface area contributed by atoms with E-state index in [0.717, 1.165) is 0 Å². The van der Waals surface area contributed by atoms with E-state index in [1.165, 1.54) is 7.11 Å². The van der Waals surface area contributed by atoms with Gasteiger partial charge in [-0.05, 0) is 6.07 Å². The van der Waals surface area contributed by atoms with Crippen LogP contribution in [-0.2, 0) is 0 Å². The van der Waals surface area contributed by atoms with Gasteiger partial charge in [0.25, 0.3) is 5.92 Å². The maximum absolute atomic E-state index is 13.3. The summed E-state index contributed by atoms with van der Waals surface area (Å²) in [5.74, 6) is -1.76. The van der Waals surface area contributed by atoms with Gasteiger partial charge in [-0.25, -0.2) is 13.8 Å². The van der Waals surface area contributed by atoms with E-state index in [2.05, 4.69) is 15.2 Å². The Hall–Kier alpha value is -1.76. The average molecular weight is 315 g/mol. The Balaban J connectivity index is 2.02. The first-order chi connectivity index (χ1) is 9.98. The lowest BCUT2D eigenvalue weighted by atomic mass is 10.1. The predicted octanol–water partition coefficient (Wildman–Crippen LogP) is 2.92. The average Bonchev–Trinajstić information content (AvgIpc) is 2.45. The molecule has 5 nitrogen and oxygen atoms in total. The lowest BCUT2D eigenvalue weighted by Gasteiger charge is -2.32. The van der Waals surface area contributed by atoms with Crippen molar-refractivity contribution in [1.29, 1.82) is 0 Å². The normalized spacial score (nSPS) is 18.0. The number of aromatic nitrogens is 3. The Bertz CT molecular complexity index is 673. The Kier molecular flexibility index (Phi) is 3.52. The summed E-state index contributed by atoms with van der Waals surface area (Å²) in [6.07, 6.45) is -0.404. The van der Waals surface area contributed by atoms with Gasteiger partial charge in [0.15, 0.2) is 5.82 Å². The summed E-state index contributed by atoms with van der Waals surface area (Å²) in [7, 11) is 1.49. The van der Waals surface area contributed by atoms with E-state index in [9.17, 15) is 8.78 Å². The summed E-state index contributed by atoms with van der Waals surface area (Å²) in [5.41, 5.74) is 0.533. The number of hydrogen-bond donors (Lipinski definition) is 0. The molecule has 8 heteroatoms. The van der Waals surface area contributed by atoms with Gasteiger partial charge >= 0.3 is 0 Å². The molecule has 3 heterocycles. The largest absolute Gasteiger partial charge is 0.480 e. The summed E-state index contributed by atoms with van der Waals surface area (Å²) in [6.45, 7) is 0.423. The molecular formula is C13H13ClF2N4O. The molecule has 1 aliphatic heterocycles. The number of rotatable bonds is 2. The van der Waals surface area contributed by atoms with E-state index in [1.807, 2.05) is 0 Å². The van der Waals surface area contributed by atoms with Crippen LogP contribution in [0.3, 0.4) is 0 Å². The van der Waals surface area contributed by atoms with Crippen LogP contribution in [0, 0.1) is 0 Å². The molecule has 2 aromatic heterocycles. The molecular weight excluding hydrogens is 302 g/mol. The van der Waals surface area contributed by atoms with Gasteiger partial charge in [-0.2, -0.15) is 0 Å². The van der Waals surface area contributed by atoms with E-state index >= 15 is 0 Å². The Morgan fingerprint density at radius 3 is 2.62 bits per heavy atom. The molecule has 0 atom stereocenters. The van der Waals surface area contributed by atoms with Gasteiger partial charge in [-0.15, -0.1) is 10.2 Å². The molecule has 1 fully saturated rings. The van der Waals surface area contributed by atoms with Crippen molar-refractivity contribution in [2.75, 3.05) is 25.1 Å². The second-order valence-corrected chi connectivity index (χ2v) is 5.32. The third-order valence-electron chi connectivity index (χ3n) is 3.50. The number of ether oxygens (including phenoxy) is 1. The van der Waals surface area contributed by atoms with Crippen molar-refractivity contribution in [3.63, 3.8) is 0 Å². The predicted molar refractivity (Wildman–Crippen MR) is 75.3 cm³/mol. The monoisotopic (exact) mass is 314 g/mol. The molecule has 0 N–H and O–H groups in total. The maximum Gasteiger partial charge on any atom is 0.251 e. The van der Waals surface area contributed by atoms with Crippen molar-refractivity contribution >= 4 is 28.3 Å². The van der Waals surface area contributed by atoms with Crippen LogP contribution in [0.5, 0.6) is 5.88 Å². The second kappa shape index (κ2) is 5.22. The molecule has 0 aromatic carbocycles. The lowest BCUT2D eigenvalue weighted by molar-refractivity contribution is -0.0221. The fraction of sp³-hybridized carbons (Fsp3) is 0.462. The number of alkyl halides is 2. The van der Waals surface area contributed by atoms with Crippen molar-refractivity contribution in [2.24, 2.45) is 0 Å². The van der Waals surface area contributed by atoms with Crippen LogP contribution in [0.25, 0.3) is 10.9 Å². The number of piperidine rings is 1. The van der Waals surface area contributed by atoms with E-state index in [4.69, 9.17) is 16.3 Å². The third-order valence-corrected chi connectivity index (χ3v) is 3.70. The molecule has 21 heavy (non-hydrogen) atoms. The van der Waals surface area contributed by atoms with Crippen molar-refractivity contribution < 1.29 is 13.5 Å². The Labute approximate surface area is 124 Å². The van der Waals surface area contributed by atoms with Crippen molar-refractivity contribution in [1.82, 2.24) is 15.2 Å². The van der Waals surface area contributed by atoms with Gasteiger partial charge in [0.2, 0.25) is 5.88 Å². The van der Waals surface area contributed by atoms with Crippen LogP contribution in [0.4, 0.5) is 14.6 Å². The zero-order chi connectivity index (χ0) is 15.0. The Morgan fingerprint density at radius 1 is 1.24 bits per heavy atom. The van der Waals surface area contributed by atoms with Crippen LogP contribution >= 0.6 is 11.6 Å². The van der Waals surface area contributed by atoms with Crippen molar-refractivity contribution in [2.45, 2.75) is 18.8 Å². The number of hydrogen-bond acceptors (Lipinski definition) is 5. The minimum absolute atomic E-state index is 0.202. The molecule has 1 saturated heterocycles. The van der Waals surface area contributed by atoms with Gasteiger partial charge in [0, 0.05) is 37.4 Å². The Morgan fingerprint density at radius 2 is 1.95 bits per heavy atom. The highest BCUT2D eigenvalue weighted by atomic mass is 35.5. The number of halogens is 3. The van der Waals surface area contributed by atoms with Gasteiger partial charge < -0.3 is 9.64 Å². The van der Waals surface area contributed by atoms with Gasteiger partial charge in [-0.3, -0.25) is 0 Å². The number of methoxy groups -OCH3 is 1. The summed E-state index contributed by atoms with van der Waals surface area (Å²) >= 11 is 6.02. The molecule has 0 saturated carbocycles. The number of anilines is 1. The quantitative estimate of drug-likeness (QED) is 0.798. The molecule has 2 aromatic rings. The first-order valence-corrected chi connectivity index (χ1v) is 6.87. The first kappa shape index (κ1) is 14.2. The summed E-state index contributed by atoms with van der Waals surface area (Å²) in [4.78, 5) is 6.00. The first-order valence-electron chi connectivity index (χ1n) is 6.49. The summed E-state index contributed by atoms with van der Waals surface area (Å²) in [6, 6.07) is 3.34. The van der Waals surface area contributed by atoms with Crippen LogP contribution in [0.15, 0.2) is 12.1 Å². The molecule has 0 unspecified atom stereocenters. The second-order valence-electron chi connectivity index (χ2n) is 4.94. The van der Waals surface area contributed by atoms with Gasteiger partial charge in [-0.1, -0.05) is 11.6 Å². The van der Waals surface area contributed by atoms with E-state index < -0.39 is 5.92 Å². The van der Waals surface area contributed by atoms with Gasteiger partial charge in [0.05, 0.1) is 7.11 Å². The molecule has 0 aliphatic carbocycles. The number of nitrogens with zero attached hydrogens (tertiary/aromatic N) is 4. The van der Waals surface area contributed by atoms with Crippen LogP contribution < -0.4 is 9.64 Å². The molecule has 112 valence electrons. The smallest absolute Gasteiger partial charge is 0.251 e. The number of pyridine rings is 1. The summed E-state index contributed by atoms with van der Waals surface area (Å²) < 4.78 is 31.6. The van der Waals surface area contributed by atoms with Crippen molar-refractivity contribution in [3.05, 3.63) is 17.3 Å². The molecule has 0 bridgehead atoms. The number of fused-ring (bicyclic) bond motifs is 1. The molecule has 0 amide bonds. The highest BCUT2D eigenvalue weighted by Crippen LogP contribution is 2.33. The van der Waals surface area contributed by atoms with Gasteiger partial charge in [0.1, 0.15) is 10.7 Å². The fourth-order valence-electron chi connectivity index (χ4n) is 2.35. The molecule has 0 spiro atoms. The van der Waals surface area contributed by atoms with E-state index in [0.29, 0.717) is 22.6 Å². The zero-order valence-electron chi connectivity index (χ0n) is 11.3. The molecule has 1 aliphatic rings. The maximum atomic E-state index is 13.3. The van der Waals surface area contributed by atoms with Crippen molar-refractivity contribution in [3.8, 4) is 5.88 Å². The summed E-state index contributed by atoms with van der Waals surface area (Å²) in [5, 5.41) is 8.99. The SMILES string of the molecule is COc1cc2cc(Cl)nc(N3CCC(F)(F)CC3)c2nn1. The van der Waals surface area contributed by atoms with Crippen LogP contribution in [0.1, 0.15) is 12.8 Å². The molecule has 3 rings (SSSR count). The third kappa shape index (κ3) is 2.83. The molecule has 0 radical (unpaired) electrons. The fourth-order valence-corrected chi connectivity index (χ4v) is 2.55. The topological polar surface area (TPSA) is 51.1 Å². The standard InChI is InChI=1S/C13H13ClF2N4O/c1-21-10-7-8-6-9(14)17-12(11(8)19-18-10)20-4-2-13(15,16)3-5-20/h6-7H,2-5H2,1H3. The van der Waals surface area contributed by atoms with Crippen LogP contribution in [0.2, 0.25) is 5.15 Å². The zero-order valence-corrected chi connectivity index (χ0v) is 12.1. The lowest BCUT2D eigenvalue weighted by Crippen LogP contribution is -2.40. The highest BCUT2D eigenvalue weighted by molar-refractivity contribution is 6.30.